The minimum absolute atomic E-state index is 0. The highest BCUT2D eigenvalue weighted by Crippen LogP contribution is 2.17. The molecule has 2 rings (SSSR count). The number of nitrogens with one attached hydrogen (secondary N) is 2. The van der Waals surface area contributed by atoms with Gasteiger partial charge in [0.25, 0.3) is 0 Å². The number of hydrogen-bond donors (Lipinski definition) is 2. The van der Waals surface area contributed by atoms with E-state index in [0.29, 0.717) is 25.1 Å². The van der Waals surface area contributed by atoms with E-state index in [2.05, 4.69) is 31.4 Å². The Labute approximate surface area is 145 Å². The number of benzene rings is 1. The van der Waals surface area contributed by atoms with Crippen molar-refractivity contribution in [2.45, 2.75) is 46.2 Å². The summed E-state index contributed by atoms with van der Waals surface area (Å²) in [5.74, 6) is 1.68. The van der Waals surface area contributed by atoms with E-state index in [4.69, 9.17) is 4.74 Å². The van der Waals surface area contributed by atoms with Crippen LogP contribution in [0.4, 0.5) is 0 Å². The molecule has 2 atom stereocenters. The maximum Gasteiger partial charge on any atom is 0.223 e. The third-order valence-electron chi connectivity index (χ3n) is 3.94. The second kappa shape index (κ2) is 9.78. The largest absolute Gasteiger partial charge is 0.493 e. The van der Waals surface area contributed by atoms with Gasteiger partial charge in [-0.3, -0.25) is 4.79 Å². The maximum atomic E-state index is 12.2. The molecule has 1 fully saturated rings. The molecule has 4 nitrogen and oxygen atoms in total. The van der Waals surface area contributed by atoms with E-state index in [-0.39, 0.29) is 24.2 Å². The Hall–Kier alpha value is -1.26. The molecule has 23 heavy (non-hydrogen) atoms. The van der Waals surface area contributed by atoms with Crippen molar-refractivity contribution in [2.75, 3.05) is 13.2 Å². The van der Waals surface area contributed by atoms with Gasteiger partial charge in [-0.25, -0.2) is 0 Å². The van der Waals surface area contributed by atoms with E-state index >= 15 is 0 Å². The molecule has 0 radical (unpaired) electrons. The Morgan fingerprint density at radius 2 is 2.22 bits per heavy atom. The molecular weight excluding hydrogens is 312 g/mol. The zero-order chi connectivity index (χ0) is 15.9. The Balaban J connectivity index is 0.00000264. The molecule has 0 spiro atoms. The van der Waals surface area contributed by atoms with E-state index in [0.717, 1.165) is 30.7 Å². The first-order chi connectivity index (χ1) is 10.5. The Kier molecular flexibility index (Phi) is 8.42. The SMILES string of the molecule is CC(C)COc1cccc(CNC(=O)[C@H]2CCN[C@@H](C)C2)c1.Cl. The lowest BCUT2D eigenvalue weighted by molar-refractivity contribution is -0.126. The van der Waals surface area contributed by atoms with Crippen molar-refractivity contribution in [1.29, 1.82) is 0 Å². The number of amides is 1. The van der Waals surface area contributed by atoms with Crippen LogP contribution in [0, 0.1) is 11.8 Å². The Morgan fingerprint density at radius 1 is 1.43 bits per heavy atom. The average molecular weight is 341 g/mol. The van der Waals surface area contributed by atoms with Crippen LogP contribution in [-0.4, -0.2) is 25.1 Å². The van der Waals surface area contributed by atoms with Gasteiger partial charge in [-0.05, 0) is 49.9 Å². The van der Waals surface area contributed by atoms with E-state index in [1.54, 1.807) is 0 Å². The minimum Gasteiger partial charge on any atom is -0.493 e. The third-order valence-corrected chi connectivity index (χ3v) is 3.94. The van der Waals surface area contributed by atoms with Crippen molar-refractivity contribution in [1.82, 2.24) is 10.6 Å². The smallest absolute Gasteiger partial charge is 0.223 e. The normalized spacial score (nSPS) is 20.7. The number of carbonyl (C=O) groups excluding carboxylic acids is 1. The molecule has 0 aromatic heterocycles. The summed E-state index contributed by atoms with van der Waals surface area (Å²) in [5.41, 5.74) is 1.08. The highest BCUT2D eigenvalue weighted by atomic mass is 35.5. The van der Waals surface area contributed by atoms with E-state index in [9.17, 15) is 4.79 Å². The molecular formula is C18H29ClN2O2. The lowest BCUT2D eigenvalue weighted by atomic mass is 9.92. The first-order valence-corrected chi connectivity index (χ1v) is 8.27. The van der Waals surface area contributed by atoms with Gasteiger partial charge in [0.2, 0.25) is 5.91 Å². The lowest BCUT2D eigenvalue weighted by Crippen LogP contribution is -2.42. The van der Waals surface area contributed by atoms with Crippen LogP contribution in [-0.2, 0) is 11.3 Å². The summed E-state index contributed by atoms with van der Waals surface area (Å²) in [6.45, 7) is 8.60. The van der Waals surface area contributed by atoms with Crippen molar-refractivity contribution in [3.8, 4) is 5.75 Å². The fourth-order valence-corrected chi connectivity index (χ4v) is 2.71. The Bertz CT molecular complexity index is 494. The van der Waals surface area contributed by atoms with Gasteiger partial charge in [0, 0.05) is 18.5 Å². The maximum absolute atomic E-state index is 12.2. The van der Waals surface area contributed by atoms with Gasteiger partial charge < -0.3 is 15.4 Å². The third kappa shape index (κ3) is 6.80. The van der Waals surface area contributed by atoms with Crippen LogP contribution < -0.4 is 15.4 Å². The second-order valence-electron chi connectivity index (χ2n) is 6.65. The number of hydrogen-bond acceptors (Lipinski definition) is 3. The molecule has 1 aliphatic heterocycles. The van der Waals surface area contributed by atoms with Gasteiger partial charge in [0.1, 0.15) is 5.75 Å². The van der Waals surface area contributed by atoms with Gasteiger partial charge in [-0.15, -0.1) is 12.4 Å². The fraction of sp³-hybridized carbons (Fsp3) is 0.611. The number of rotatable bonds is 6. The van der Waals surface area contributed by atoms with Crippen LogP contribution in [0.2, 0.25) is 0 Å². The van der Waals surface area contributed by atoms with Crippen LogP contribution in [0.5, 0.6) is 5.75 Å². The summed E-state index contributed by atoms with van der Waals surface area (Å²) >= 11 is 0. The van der Waals surface area contributed by atoms with Crippen LogP contribution in [0.1, 0.15) is 39.2 Å². The molecule has 1 aliphatic rings. The van der Waals surface area contributed by atoms with Crippen LogP contribution in [0.3, 0.4) is 0 Å². The molecule has 0 bridgehead atoms. The first-order valence-electron chi connectivity index (χ1n) is 8.27. The number of ether oxygens (including phenoxy) is 1. The molecule has 1 saturated heterocycles. The van der Waals surface area contributed by atoms with Crippen LogP contribution in [0.25, 0.3) is 0 Å². The van der Waals surface area contributed by atoms with E-state index < -0.39 is 0 Å². The Morgan fingerprint density at radius 3 is 2.91 bits per heavy atom. The molecule has 0 unspecified atom stereocenters. The summed E-state index contributed by atoms with van der Waals surface area (Å²) in [5, 5.41) is 6.43. The van der Waals surface area contributed by atoms with Gasteiger partial charge in [0.15, 0.2) is 0 Å². The molecule has 130 valence electrons. The van der Waals surface area contributed by atoms with Crippen molar-refractivity contribution < 1.29 is 9.53 Å². The lowest BCUT2D eigenvalue weighted by Gasteiger charge is -2.27. The van der Waals surface area contributed by atoms with Gasteiger partial charge in [-0.2, -0.15) is 0 Å². The topological polar surface area (TPSA) is 50.4 Å². The molecule has 2 N–H and O–H groups in total. The molecule has 1 aromatic carbocycles. The van der Waals surface area contributed by atoms with Gasteiger partial charge >= 0.3 is 0 Å². The predicted molar refractivity (Wildman–Crippen MR) is 96.1 cm³/mol. The minimum atomic E-state index is 0. The van der Waals surface area contributed by atoms with Gasteiger partial charge in [-0.1, -0.05) is 26.0 Å². The molecule has 1 amide bonds. The summed E-state index contributed by atoms with van der Waals surface area (Å²) in [7, 11) is 0. The summed E-state index contributed by atoms with van der Waals surface area (Å²) in [4.78, 5) is 12.2. The predicted octanol–water partition coefficient (Wildman–Crippen LogP) is 3.15. The average Bonchev–Trinajstić information content (AvgIpc) is 2.51. The van der Waals surface area contributed by atoms with Crippen molar-refractivity contribution in [2.24, 2.45) is 11.8 Å². The monoisotopic (exact) mass is 340 g/mol. The summed E-state index contributed by atoms with van der Waals surface area (Å²) in [6.07, 6.45) is 1.84. The van der Waals surface area contributed by atoms with E-state index in [1.807, 2.05) is 24.3 Å². The van der Waals surface area contributed by atoms with Crippen LogP contribution >= 0.6 is 12.4 Å². The molecule has 1 aromatic rings. The molecule has 5 heteroatoms. The summed E-state index contributed by atoms with van der Waals surface area (Å²) < 4.78 is 5.72. The molecule has 0 saturated carbocycles. The number of piperidine rings is 1. The van der Waals surface area contributed by atoms with Gasteiger partial charge in [0.05, 0.1) is 6.61 Å². The second-order valence-corrected chi connectivity index (χ2v) is 6.65. The fourth-order valence-electron chi connectivity index (χ4n) is 2.71. The van der Waals surface area contributed by atoms with Crippen LogP contribution in [0.15, 0.2) is 24.3 Å². The highest BCUT2D eigenvalue weighted by Gasteiger charge is 2.24. The molecule has 0 aliphatic carbocycles. The quantitative estimate of drug-likeness (QED) is 0.836. The summed E-state index contributed by atoms with van der Waals surface area (Å²) in [6, 6.07) is 8.39. The van der Waals surface area contributed by atoms with Crippen molar-refractivity contribution >= 4 is 18.3 Å². The highest BCUT2D eigenvalue weighted by molar-refractivity contribution is 5.85. The zero-order valence-electron chi connectivity index (χ0n) is 14.3. The number of halogens is 1. The van der Waals surface area contributed by atoms with Crippen molar-refractivity contribution in [3.63, 3.8) is 0 Å². The first kappa shape index (κ1) is 19.8. The molecule has 1 heterocycles. The standard InChI is InChI=1S/C18H28N2O2.ClH/c1-13(2)12-22-17-6-4-5-15(10-17)11-20-18(21)16-7-8-19-14(3)9-16;/h4-6,10,13-14,16,19H,7-9,11-12H2,1-3H3,(H,20,21);1H/t14-,16-;/m0./s1. The van der Waals surface area contributed by atoms with E-state index in [1.165, 1.54) is 0 Å². The number of carbonyl (C=O) groups is 1. The van der Waals surface area contributed by atoms with Crippen molar-refractivity contribution in [3.05, 3.63) is 29.8 Å². The zero-order valence-corrected chi connectivity index (χ0v) is 15.1.